The van der Waals surface area contributed by atoms with E-state index in [1.165, 1.54) is 10.9 Å². The van der Waals surface area contributed by atoms with Crippen LogP contribution in [0.3, 0.4) is 0 Å². The zero-order valence-electron chi connectivity index (χ0n) is 16.9. The fourth-order valence-electron chi connectivity index (χ4n) is 2.75. The first-order chi connectivity index (χ1) is 15.5. The summed E-state index contributed by atoms with van der Waals surface area (Å²) in [5.41, 5.74) is 2.75. The van der Waals surface area contributed by atoms with Gasteiger partial charge in [-0.05, 0) is 54.5 Å². The van der Waals surface area contributed by atoms with E-state index >= 15 is 0 Å². The predicted molar refractivity (Wildman–Crippen MR) is 127 cm³/mol. The van der Waals surface area contributed by atoms with Gasteiger partial charge in [0.15, 0.2) is 5.69 Å². The summed E-state index contributed by atoms with van der Waals surface area (Å²) >= 11 is 11.8. The molecule has 158 valence electrons. The maximum absolute atomic E-state index is 12.9. The Balaban J connectivity index is 1.64. The van der Waals surface area contributed by atoms with Gasteiger partial charge in [0.05, 0.1) is 11.4 Å². The molecule has 0 aliphatic heterocycles. The zero-order chi connectivity index (χ0) is 22.5. The Morgan fingerprint density at radius 3 is 1.91 bits per heavy atom. The monoisotopic (exact) mass is 462 g/mol. The van der Waals surface area contributed by atoms with Crippen molar-refractivity contribution in [2.45, 2.75) is 6.92 Å². The molecular weight excluding hydrogens is 447 g/mol. The quantitative estimate of drug-likeness (QED) is 0.424. The first-order valence-electron chi connectivity index (χ1n) is 9.53. The zero-order valence-corrected chi connectivity index (χ0v) is 18.4. The maximum atomic E-state index is 12.9. The van der Waals surface area contributed by atoms with Crippen molar-refractivity contribution in [1.29, 1.82) is 0 Å². The highest BCUT2D eigenvalue weighted by Crippen LogP contribution is 2.14. The van der Waals surface area contributed by atoms with Crippen LogP contribution in [0.1, 0.15) is 28.2 Å². The van der Waals surface area contributed by atoms with Crippen molar-refractivity contribution in [1.82, 2.24) is 29.9 Å². The van der Waals surface area contributed by atoms with E-state index in [1.807, 2.05) is 30.3 Å². The molecule has 0 fully saturated rings. The van der Waals surface area contributed by atoms with Gasteiger partial charge in [0.2, 0.25) is 0 Å². The average Bonchev–Trinajstić information content (AvgIpc) is 2.80. The predicted octanol–water partition coefficient (Wildman–Crippen LogP) is 4.77. The summed E-state index contributed by atoms with van der Waals surface area (Å²) in [7, 11) is 0. The van der Waals surface area contributed by atoms with E-state index in [1.54, 1.807) is 49.4 Å². The second-order valence-corrected chi connectivity index (χ2v) is 7.62. The van der Waals surface area contributed by atoms with Gasteiger partial charge in [-0.25, -0.2) is 9.55 Å². The van der Waals surface area contributed by atoms with Crippen LogP contribution in [0.15, 0.2) is 59.7 Å². The molecule has 2 heterocycles. The smallest absolute Gasteiger partial charge is 0.266 e. The third-order valence-corrected chi connectivity index (χ3v) is 4.98. The molecule has 2 aromatic heterocycles. The van der Waals surface area contributed by atoms with Gasteiger partial charge in [-0.3, -0.25) is 4.79 Å². The van der Waals surface area contributed by atoms with E-state index in [0.717, 1.165) is 11.1 Å². The number of aryl methyl sites for hydroxylation is 1. The van der Waals surface area contributed by atoms with Crippen molar-refractivity contribution < 1.29 is 0 Å². The van der Waals surface area contributed by atoms with Crippen LogP contribution < -0.4 is 5.56 Å². The maximum Gasteiger partial charge on any atom is 0.286 e. The summed E-state index contributed by atoms with van der Waals surface area (Å²) in [6, 6.07) is 14.6. The van der Waals surface area contributed by atoms with Crippen molar-refractivity contribution in [3.8, 4) is 5.95 Å². The molecule has 0 N–H and O–H groups in total. The molecule has 0 atom stereocenters. The molecule has 4 rings (SSSR count). The second kappa shape index (κ2) is 9.64. The Bertz CT molecular complexity index is 1360. The lowest BCUT2D eigenvalue weighted by Gasteiger charge is -2.05. The van der Waals surface area contributed by atoms with Crippen LogP contribution in [0, 0.1) is 6.92 Å². The lowest BCUT2D eigenvalue weighted by molar-refractivity contribution is 0.761. The first kappa shape index (κ1) is 21.5. The normalized spacial score (nSPS) is 11.5. The molecule has 0 aliphatic rings. The van der Waals surface area contributed by atoms with Crippen LogP contribution in [-0.4, -0.2) is 29.9 Å². The summed E-state index contributed by atoms with van der Waals surface area (Å²) in [5.74, 6) is 0.104. The van der Waals surface area contributed by atoms with E-state index < -0.39 is 5.56 Å². The van der Waals surface area contributed by atoms with Crippen LogP contribution in [0.5, 0.6) is 0 Å². The highest BCUT2D eigenvalue weighted by Gasteiger charge is 2.10. The number of hydrogen-bond donors (Lipinski definition) is 0. The fourth-order valence-corrected chi connectivity index (χ4v) is 3.00. The number of nitrogens with zero attached hydrogens (tertiary/aromatic N) is 6. The van der Waals surface area contributed by atoms with Gasteiger partial charge in [-0.1, -0.05) is 59.6 Å². The lowest BCUT2D eigenvalue weighted by Crippen LogP contribution is -2.25. The average molecular weight is 463 g/mol. The Morgan fingerprint density at radius 2 is 1.31 bits per heavy atom. The molecule has 4 aromatic rings. The van der Waals surface area contributed by atoms with E-state index in [-0.39, 0.29) is 11.6 Å². The standard InChI is InChI=1S/C23H16Cl2N6O/c1-15-20(12-6-16-2-8-18(24)9-3-16)27-23(30-28-15)31-14-26-29-21(22(31)32)13-7-17-4-10-19(25)11-5-17/h2-14H,1H3/b12-6+,13-7+. The van der Waals surface area contributed by atoms with Crippen molar-refractivity contribution in [2.24, 2.45) is 0 Å². The van der Waals surface area contributed by atoms with Crippen molar-refractivity contribution in [2.75, 3.05) is 0 Å². The summed E-state index contributed by atoms with van der Waals surface area (Å²) < 4.78 is 1.21. The Morgan fingerprint density at radius 1 is 0.750 bits per heavy atom. The Labute approximate surface area is 193 Å². The van der Waals surface area contributed by atoms with Gasteiger partial charge in [0.25, 0.3) is 11.5 Å². The van der Waals surface area contributed by atoms with Gasteiger partial charge < -0.3 is 0 Å². The summed E-state index contributed by atoms with van der Waals surface area (Å²) in [4.78, 5) is 17.4. The molecule has 0 radical (unpaired) electrons. The summed E-state index contributed by atoms with van der Waals surface area (Å²) in [5, 5.41) is 17.3. The van der Waals surface area contributed by atoms with Gasteiger partial charge in [-0.15, -0.1) is 20.4 Å². The molecule has 0 spiro atoms. The topological polar surface area (TPSA) is 86.5 Å². The number of aromatic nitrogens is 6. The van der Waals surface area contributed by atoms with E-state index in [4.69, 9.17) is 23.2 Å². The van der Waals surface area contributed by atoms with Crippen LogP contribution in [0.2, 0.25) is 10.0 Å². The van der Waals surface area contributed by atoms with Crippen LogP contribution in [-0.2, 0) is 0 Å². The molecule has 7 nitrogen and oxygen atoms in total. The third-order valence-electron chi connectivity index (χ3n) is 4.47. The Kier molecular flexibility index (Phi) is 6.49. The molecule has 9 heteroatoms. The summed E-state index contributed by atoms with van der Waals surface area (Å²) in [6.07, 6.45) is 8.28. The van der Waals surface area contributed by atoms with E-state index in [2.05, 4.69) is 25.4 Å². The van der Waals surface area contributed by atoms with Crippen LogP contribution in [0.25, 0.3) is 30.3 Å². The molecule has 0 bridgehead atoms. The highest BCUT2D eigenvalue weighted by atomic mass is 35.5. The van der Waals surface area contributed by atoms with E-state index in [0.29, 0.717) is 21.4 Å². The molecule has 0 saturated heterocycles. The number of hydrogen-bond acceptors (Lipinski definition) is 6. The molecule has 0 saturated carbocycles. The lowest BCUT2D eigenvalue weighted by atomic mass is 10.2. The fraction of sp³-hybridized carbons (Fsp3) is 0.0435. The molecule has 0 aliphatic carbocycles. The molecular formula is C23H16Cl2N6O. The molecule has 0 unspecified atom stereocenters. The van der Waals surface area contributed by atoms with Gasteiger partial charge in [0, 0.05) is 10.0 Å². The SMILES string of the molecule is Cc1nnc(-n2cnnc(/C=C/c3ccc(Cl)cc3)c2=O)nc1/C=C/c1ccc(Cl)cc1. The molecule has 32 heavy (non-hydrogen) atoms. The molecule has 2 aromatic carbocycles. The van der Waals surface area contributed by atoms with Gasteiger partial charge >= 0.3 is 0 Å². The summed E-state index contributed by atoms with van der Waals surface area (Å²) in [6.45, 7) is 1.79. The minimum absolute atomic E-state index is 0.104. The molecule has 0 amide bonds. The van der Waals surface area contributed by atoms with E-state index in [9.17, 15) is 4.79 Å². The van der Waals surface area contributed by atoms with Crippen molar-refractivity contribution in [3.63, 3.8) is 0 Å². The number of rotatable bonds is 5. The number of benzene rings is 2. The highest BCUT2D eigenvalue weighted by molar-refractivity contribution is 6.30. The van der Waals surface area contributed by atoms with Crippen molar-refractivity contribution in [3.05, 3.63) is 103 Å². The van der Waals surface area contributed by atoms with Crippen LogP contribution >= 0.6 is 23.2 Å². The van der Waals surface area contributed by atoms with Crippen LogP contribution in [0.4, 0.5) is 0 Å². The minimum atomic E-state index is -0.413. The Hall–Kier alpha value is -3.68. The third kappa shape index (κ3) is 5.14. The first-order valence-corrected chi connectivity index (χ1v) is 10.3. The second-order valence-electron chi connectivity index (χ2n) is 6.74. The van der Waals surface area contributed by atoms with Gasteiger partial charge in [0.1, 0.15) is 6.33 Å². The van der Waals surface area contributed by atoms with Crippen molar-refractivity contribution >= 4 is 47.5 Å². The largest absolute Gasteiger partial charge is 0.286 e. The number of halogens is 2. The minimum Gasteiger partial charge on any atom is -0.266 e. The van der Waals surface area contributed by atoms with Gasteiger partial charge in [-0.2, -0.15) is 0 Å².